The molecule has 1 fully saturated rings. The van der Waals surface area contributed by atoms with Crippen molar-refractivity contribution in [3.8, 4) is 17.1 Å². The van der Waals surface area contributed by atoms with Crippen molar-refractivity contribution in [3.05, 3.63) is 59.2 Å². The van der Waals surface area contributed by atoms with Crippen molar-refractivity contribution in [1.29, 1.82) is 0 Å². The highest BCUT2D eigenvalue weighted by Gasteiger charge is 2.27. The Hall–Kier alpha value is -3.26. The normalized spacial score (nSPS) is 19.9. The highest BCUT2D eigenvalue weighted by Crippen LogP contribution is 2.31. The van der Waals surface area contributed by atoms with E-state index in [1.54, 1.807) is 10.7 Å². The molecule has 5 rings (SSSR count). The van der Waals surface area contributed by atoms with Gasteiger partial charge in [0.1, 0.15) is 17.1 Å². The van der Waals surface area contributed by atoms with E-state index in [4.69, 9.17) is 4.74 Å². The van der Waals surface area contributed by atoms with E-state index in [1.165, 1.54) is 0 Å². The number of amides is 1. The molecule has 0 bridgehead atoms. The molecule has 0 aromatic carbocycles. The van der Waals surface area contributed by atoms with E-state index in [0.717, 1.165) is 59.6 Å². The van der Waals surface area contributed by atoms with Crippen molar-refractivity contribution >= 4 is 5.91 Å². The summed E-state index contributed by atoms with van der Waals surface area (Å²) in [5, 5.41) is 17.6. The van der Waals surface area contributed by atoms with Gasteiger partial charge in [-0.25, -0.2) is 4.98 Å². The Morgan fingerprint density at radius 3 is 2.88 bits per heavy atom. The number of aliphatic hydroxyl groups is 1. The first-order chi connectivity index (χ1) is 15.6. The quantitative estimate of drug-likeness (QED) is 0.641. The predicted octanol–water partition coefficient (Wildman–Crippen LogP) is 2.44. The molecule has 4 heterocycles. The molecule has 2 N–H and O–H groups in total. The van der Waals surface area contributed by atoms with Gasteiger partial charge in [-0.2, -0.15) is 5.10 Å². The van der Waals surface area contributed by atoms with Crippen molar-refractivity contribution in [2.45, 2.75) is 50.7 Å². The lowest BCUT2D eigenvalue weighted by molar-refractivity contribution is 0.0713. The first-order valence-electron chi connectivity index (χ1n) is 11.2. The molecule has 0 saturated heterocycles. The number of hydrogen-bond acceptors (Lipinski definition) is 6. The van der Waals surface area contributed by atoms with Gasteiger partial charge in [0.2, 0.25) is 0 Å². The minimum Gasteiger partial charge on any atom is -0.491 e. The van der Waals surface area contributed by atoms with Crippen LogP contribution in [-0.4, -0.2) is 49.5 Å². The third-order valence-electron chi connectivity index (χ3n) is 6.18. The Morgan fingerprint density at radius 1 is 1.25 bits per heavy atom. The number of rotatable bonds is 5. The minimum atomic E-state index is -0.492. The Morgan fingerprint density at radius 2 is 2.12 bits per heavy atom. The van der Waals surface area contributed by atoms with Gasteiger partial charge in [0.25, 0.3) is 5.91 Å². The molecule has 32 heavy (non-hydrogen) atoms. The lowest BCUT2D eigenvalue weighted by Crippen LogP contribution is -2.45. The molecule has 0 unspecified atom stereocenters. The van der Waals surface area contributed by atoms with Gasteiger partial charge in [0.15, 0.2) is 0 Å². The minimum absolute atomic E-state index is 0.214. The third kappa shape index (κ3) is 4.23. The van der Waals surface area contributed by atoms with Crippen molar-refractivity contribution in [3.63, 3.8) is 0 Å². The van der Waals surface area contributed by atoms with Crippen LogP contribution < -0.4 is 10.1 Å². The van der Waals surface area contributed by atoms with E-state index >= 15 is 0 Å². The van der Waals surface area contributed by atoms with E-state index in [-0.39, 0.29) is 11.9 Å². The van der Waals surface area contributed by atoms with Gasteiger partial charge in [0.05, 0.1) is 30.1 Å². The number of aryl methyl sites for hydroxylation is 1. The van der Waals surface area contributed by atoms with Gasteiger partial charge in [0, 0.05) is 37.8 Å². The number of aromatic nitrogens is 4. The van der Waals surface area contributed by atoms with Crippen LogP contribution in [0, 0.1) is 0 Å². The fourth-order valence-corrected chi connectivity index (χ4v) is 4.46. The monoisotopic (exact) mass is 433 g/mol. The highest BCUT2D eigenvalue weighted by molar-refractivity contribution is 5.93. The number of nitrogens with zero attached hydrogens (tertiary/aromatic N) is 4. The Balaban J connectivity index is 1.36. The van der Waals surface area contributed by atoms with Gasteiger partial charge in [-0.3, -0.25) is 14.5 Å². The molecule has 8 nitrogen and oxygen atoms in total. The first kappa shape index (κ1) is 20.6. The molecular weight excluding hydrogens is 406 g/mol. The number of pyridine rings is 2. The van der Waals surface area contributed by atoms with Crippen LogP contribution in [-0.2, 0) is 19.9 Å². The summed E-state index contributed by atoms with van der Waals surface area (Å²) in [6, 6.07) is 7.50. The average Bonchev–Trinajstić information content (AvgIpc) is 3.45. The smallest absolute Gasteiger partial charge is 0.270 e. The lowest BCUT2D eigenvalue weighted by Gasteiger charge is -2.28. The fourth-order valence-electron chi connectivity index (χ4n) is 4.46. The standard InChI is InChI=1S/C24H27N5O3/c1-29-10-8-18(28-29)17-7-6-15(14-25-17)12-16-13-21(26-20-9-11-32-23(16)20)24(31)27-19-4-2-3-5-22(19)30/h6-8,10,13-14,19,22,30H,2-5,9,11-12H2,1H3,(H,27,31)/t19-,22-/m0/s1. The van der Waals surface area contributed by atoms with E-state index in [0.29, 0.717) is 25.1 Å². The van der Waals surface area contributed by atoms with Crippen LogP contribution in [0.2, 0.25) is 0 Å². The fraction of sp³-hybridized carbons (Fsp3) is 0.417. The van der Waals surface area contributed by atoms with Crippen LogP contribution >= 0.6 is 0 Å². The second-order valence-corrected chi connectivity index (χ2v) is 8.58. The highest BCUT2D eigenvalue weighted by atomic mass is 16.5. The summed E-state index contributed by atoms with van der Waals surface area (Å²) in [7, 11) is 1.88. The molecule has 166 valence electrons. The second kappa shape index (κ2) is 8.70. The number of nitrogens with one attached hydrogen (secondary N) is 1. The van der Waals surface area contributed by atoms with E-state index in [9.17, 15) is 9.90 Å². The molecule has 2 aliphatic rings. The van der Waals surface area contributed by atoms with Gasteiger partial charge in [-0.05, 0) is 36.6 Å². The molecule has 1 aliphatic carbocycles. The maximum absolute atomic E-state index is 12.9. The molecule has 1 amide bonds. The summed E-state index contributed by atoms with van der Waals surface area (Å²) in [4.78, 5) is 22.0. The van der Waals surface area contributed by atoms with Crippen LogP contribution in [0.1, 0.15) is 53.0 Å². The Labute approximate surface area is 186 Å². The second-order valence-electron chi connectivity index (χ2n) is 8.58. The number of aliphatic hydroxyl groups excluding tert-OH is 1. The molecule has 3 aromatic heterocycles. The van der Waals surface area contributed by atoms with Gasteiger partial charge >= 0.3 is 0 Å². The maximum Gasteiger partial charge on any atom is 0.270 e. The topological polar surface area (TPSA) is 102 Å². The number of fused-ring (bicyclic) bond motifs is 1. The van der Waals surface area contributed by atoms with Gasteiger partial charge in [-0.1, -0.05) is 18.9 Å². The molecule has 0 spiro atoms. The van der Waals surface area contributed by atoms with E-state index in [2.05, 4.69) is 20.4 Å². The van der Waals surface area contributed by atoms with Gasteiger partial charge in [-0.15, -0.1) is 0 Å². The van der Waals surface area contributed by atoms with Gasteiger partial charge < -0.3 is 15.2 Å². The largest absolute Gasteiger partial charge is 0.491 e. The Kier molecular flexibility index (Phi) is 5.61. The summed E-state index contributed by atoms with van der Waals surface area (Å²) in [6.07, 6.45) is 8.04. The average molecular weight is 434 g/mol. The lowest BCUT2D eigenvalue weighted by atomic mass is 9.92. The molecular formula is C24H27N5O3. The summed E-state index contributed by atoms with van der Waals surface area (Å²) < 4.78 is 7.58. The molecule has 8 heteroatoms. The van der Waals surface area contributed by atoms with E-state index < -0.39 is 6.10 Å². The zero-order chi connectivity index (χ0) is 22.1. The zero-order valence-corrected chi connectivity index (χ0v) is 18.1. The Bertz CT molecular complexity index is 1130. The van der Waals surface area contributed by atoms with Crippen molar-refractivity contribution < 1.29 is 14.6 Å². The maximum atomic E-state index is 12.9. The van der Waals surface area contributed by atoms with E-state index in [1.807, 2.05) is 37.6 Å². The summed E-state index contributed by atoms with van der Waals surface area (Å²) >= 11 is 0. The van der Waals surface area contributed by atoms with Crippen LogP contribution in [0.15, 0.2) is 36.7 Å². The van der Waals surface area contributed by atoms with Crippen LogP contribution in [0.5, 0.6) is 5.75 Å². The number of carbonyl (C=O) groups is 1. The molecule has 1 saturated carbocycles. The molecule has 2 atom stereocenters. The summed E-state index contributed by atoms with van der Waals surface area (Å²) in [5.74, 6) is 0.531. The third-order valence-corrected chi connectivity index (χ3v) is 6.18. The zero-order valence-electron chi connectivity index (χ0n) is 18.1. The van der Waals surface area contributed by atoms with Crippen molar-refractivity contribution in [2.75, 3.05) is 6.61 Å². The van der Waals surface area contributed by atoms with Crippen LogP contribution in [0.25, 0.3) is 11.4 Å². The molecule has 3 aromatic rings. The number of hydrogen-bond donors (Lipinski definition) is 2. The molecule has 0 radical (unpaired) electrons. The summed E-state index contributed by atoms with van der Waals surface area (Å²) in [5.41, 5.74) is 4.78. The first-order valence-corrected chi connectivity index (χ1v) is 11.2. The molecule has 1 aliphatic heterocycles. The SMILES string of the molecule is Cn1ccc(-c2ccc(Cc3cc(C(=O)N[C@H]4CCCC[C@@H]4O)nc4c3OCC4)cn2)n1. The van der Waals surface area contributed by atoms with Crippen LogP contribution in [0.4, 0.5) is 0 Å². The van der Waals surface area contributed by atoms with Crippen molar-refractivity contribution in [2.24, 2.45) is 7.05 Å². The number of carbonyl (C=O) groups excluding carboxylic acids is 1. The predicted molar refractivity (Wildman–Crippen MR) is 118 cm³/mol. The summed E-state index contributed by atoms with van der Waals surface area (Å²) in [6.45, 7) is 0.568. The van der Waals surface area contributed by atoms with Crippen LogP contribution in [0.3, 0.4) is 0 Å². The number of ether oxygens (including phenoxy) is 1. The van der Waals surface area contributed by atoms with Crippen molar-refractivity contribution in [1.82, 2.24) is 25.1 Å².